The molecule has 22 heavy (non-hydrogen) atoms. The van der Waals surface area contributed by atoms with Crippen LogP contribution in [0.3, 0.4) is 0 Å². The van der Waals surface area contributed by atoms with Crippen molar-refractivity contribution in [2.24, 2.45) is 0 Å². The summed E-state index contributed by atoms with van der Waals surface area (Å²) < 4.78 is 2.21. The van der Waals surface area contributed by atoms with Crippen LogP contribution in [0.5, 0.6) is 0 Å². The summed E-state index contributed by atoms with van der Waals surface area (Å²) in [5.41, 5.74) is 2.39. The summed E-state index contributed by atoms with van der Waals surface area (Å²) in [6.45, 7) is 7.07. The Morgan fingerprint density at radius 2 is 2.00 bits per heavy atom. The van der Waals surface area contributed by atoms with Crippen LogP contribution < -0.4 is 0 Å². The van der Waals surface area contributed by atoms with Gasteiger partial charge in [0.2, 0.25) is 0 Å². The van der Waals surface area contributed by atoms with Crippen molar-refractivity contribution in [1.29, 1.82) is 0 Å². The standard InChI is InChI=1S/C17H27N5/c1-4-22-15-18-12-17(22)14-21(11-7-10-20(2)3)13-16-8-5-6-9-19-16/h5-6,8-9,12,15H,4,7,10-11,13-14H2,1-3H3. The normalized spacial score (nSPS) is 11.5. The monoisotopic (exact) mass is 301 g/mol. The highest BCUT2D eigenvalue weighted by Crippen LogP contribution is 2.09. The third-order valence-corrected chi connectivity index (χ3v) is 3.72. The van der Waals surface area contributed by atoms with Gasteiger partial charge < -0.3 is 9.47 Å². The van der Waals surface area contributed by atoms with Gasteiger partial charge >= 0.3 is 0 Å². The molecule has 0 radical (unpaired) electrons. The maximum atomic E-state index is 4.46. The first-order valence-corrected chi connectivity index (χ1v) is 7.95. The number of imidazole rings is 1. The van der Waals surface area contributed by atoms with Crippen LogP contribution in [-0.2, 0) is 19.6 Å². The molecule has 0 fully saturated rings. The molecule has 0 saturated carbocycles. The van der Waals surface area contributed by atoms with E-state index in [4.69, 9.17) is 0 Å². The Morgan fingerprint density at radius 1 is 1.14 bits per heavy atom. The van der Waals surface area contributed by atoms with E-state index < -0.39 is 0 Å². The molecular formula is C17H27N5. The lowest BCUT2D eigenvalue weighted by atomic mass is 10.2. The quantitative estimate of drug-likeness (QED) is 0.712. The van der Waals surface area contributed by atoms with E-state index in [1.165, 1.54) is 5.69 Å². The Balaban J connectivity index is 2.00. The minimum absolute atomic E-state index is 0.878. The molecule has 2 heterocycles. The van der Waals surface area contributed by atoms with Crippen LogP contribution in [-0.4, -0.2) is 51.5 Å². The summed E-state index contributed by atoms with van der Waals surface area (Å²) >= 11 is 0. The highest BCUT2D eigenvalue weighted by Gasteiger charge is 2.10. The van der Waals surface area contributed by atoms with Gasteiger partial charge in [0.15, 0.2) is 0 Å². The van der Waals surface area contributed by atoms with Crippen molar-refractivity contribution in [3.8, 4) is 0 Å². The molecule has 0 aliphatic rings. The second-order valence-electron chi connectivity index (χ2n) is 5.86. The van der Waals surface area contributed by atoms with Crippen LogP contribution in [0.15, 0.2) is 36.9 Å². The number of hydrogen-bond acceptors (Lipinski definition) is 4. The molecule has 0 unspecified atom stereocenters. The first-order valence-electron chi connectivity index (χ1n) is 7.95. The smallest absolute Gasteiger partial charge is 0.0948 e. The van der Waals surface area contributed by atoms with Gasteiger partial charge in [0, 0.05) is 38.6 Å². The molecule has 2 aromatic heterocycles. The van der Waals surface area contributed by atoms with Crippen LogP contribution in [0.25, 0.3) is 0 Å². The fourth-order valence-corrected chi connectivity index (χ4v) is 2.54. The second-order valence-corrected chi connectivity index (χ2v) is 5.86. The SMILES string of the molecule is CCn1cncc1CN(CCCN(C)C)Cc1ccccn1. The molecule has 5 nitrogen and oxygen atoms in total. The number of rotatable bonds is 9. The highest BCUT2D eigenvalue weighted by molar-refractivity contribution is 5.04. The summed E-state index contributed by atoms with van der Waals surface area (Å²) in [6.07, 6.45) is 6.90. The topological polar surface area (TPSA) is 37.2 Å². The van der Waals surface area contributed by atoms with Crippen LogP contribution in [0.1, 0.15) is 24.7 Å². The van der Waals surface area contributed by atoms with E-state index in [0.29, 0.717) is 0 Å². The van der Waals surface area contributed by atoms with Crippen molar-refractivity contribution in [2.75, 3.05) is 27.2 Å². The van der Waals surface area contributed by atoms with Crippen molar-refractivity contribution < 1.29 is 0 Å². The number of hydrogen-bond donors (Lipinski definition) is 0. The lowest BCUT2D eigenvalue weighted by Crippen LogP contribution is -2.28. The molecule has 0 aliphatic carbocycles. The van der Waals surface area contributed by atoms with Gasteiger partial charge in [0.05, 0.1) is 17.7 Å². The van der Waals surface area contributed by atoms with Crippen LogP contribution in [0, 0.1) is 0 Å². The zero-order valence-electron chi connectivity index (χ0n) is 13.9. The fourth-order valence-electron chi connectivity index (χ4n) is 2.54. The van der Waals surface area contributed by atoms with Crippen LogP contribution in [0.4, 0.5) is 0 Å². The van der Waals surface area contributed by atoms with Gasteiger partial charge in [-0.15, -0.1) is 0 Å². The second kappa shape index (κ2) is 8.66. The molecular weight excluding hydrogens is 274 g/mol. The van der Waals surface area contributed by atoms with E-state index in [1.807, 2.05) is 24.8 Å². The van der Waals surface area contributed by atoms with Crippen LogP contribution in [0.2, 0.25) is 0 Å². The van der Waals surface area contributed by atoms with E-state index in [9.17, 15) is 0 Å². The van der Waals surface area contributed by atoms with Crippen molar-refractivity contribution in [1.82, 2.24) is 24.3 Å². The Bertz CT molecular complexity index is 535. The Hall–Kier alpha value is -1.72. The lowest BCUT2D eigenvalue weighted by Gasteiger charge is -2.23. The fraction of sp³-hybridized carbons (Fsp3) is 0.529. The summed E-state index contributed by atoms with van der Waals surface area (Å²) in [7, 11) is 4.24. The van der Waals surface area contributed by atoms with Gasteiger partial charge in [-0.1, -0.05) is 6.07 Å². The first kappa shape index (κ1) is 16.6. The average Bonchev–Trinajstić information content (AvgIpc) is 2.95. The largest absolute Gasteiger partial charge is 0.334 e. The summed E-state index contributed by atoms with van der Waals surface area (Å²) in [6, 6.07) is 6.11. The number of nitrogens with zero attached hydrogens (tertiary/aromatic N) is 5. The van der Waals surface area contributed by atoms with Gasteiger partial charge in [-0.3, -0.25) is 9.88 Å². The zero-order valence-corrected chi connectivity index (χ0v) is 13.9. The zero-order chi connectivity index (χ0) is 15.8. The summed E-state index contributed by atoms with van der Waals surface area (Å²) in [4.78, 5) is 13.4. The molecule has 0 amide bonds. The first-order chi connectivity index (χ1) is 10.7. The highest BCUT2D eigenvalue weighted by atomic mass is 15.2. The number of pyridine rings is 1. The van der Waals surface area contributed by atoms with Crippen LogP contribution >= 0.6 is 0 Å². The number of aryl methyl sites for hydroxylation is 1. The van der Waals surface area contributed by atoms with Crippen molar-refractivity contribution >= 4 is 0 Å². The molecule has 0 atom stereocenters. The van der Waals surface area contributed by atoms with E-state index in [1.54, 1.807) is 0 Å². The molecule has 0 saturated heterocycles. The van der Waals surface area contributed by atoms with Crippen molar-refractivity contribution in [2.45, 2.75) is 33.0 Å². The lowest BCUT2D eigenvalue weighted by molar-refractivity contribution is 0.232. The molecule has 0 aliphatic heterocycles. The minimum atomic E-state index is 0.878. The summed E-state index contributed by atoms with van der Waals surface area (Å²) in [5, 5.41) is 0. The molecule has 2 aromatic rings. The van der Waals surface area contributed by atoms with Gasteiger partial charge in [0.25, 0.3) is 0 Å². The average molecular weight is 301 g/mol. The maximum Gasteiger partial charge on any atom is 0.0948 e. The third-order valence-electron chi connectivity index (χ3n) is 3.72. The third kappa shape index (κ3) is 5.24. The Labute approximate surface area is 133 Å². The van der Waals surface area contributed by atoms with E-state index in [0.717, 1.165) is 44.8 Å². The van der Waals surface area contributed by atoms with Crippen molar-refractivity contribution in [3.05, 3.63) is 48.3 Å². The van der Waals surface area contributed by atoms with Crippen molar-refractivity contribution in [3.63, 3.8) is 0 Å². The number of aromatic nitrogens is 3. The van der Waals surface area contributed by atoms with Gasteiger partial charge in [-0.2, -0.15) is 0 Å². The molecule has 120 valence electrons. The molecule has 2 rings (SSSR count). The summed E-state index contributed by atoms with van der Waals surface area (Å²) in [5.74, 6) is 0. The van der Waals surface area contributed by atoms with E-state index >= 15 is 0 Å². The molecule has 0 N–H and O–H groups in total. The maximum absolute atomic E-state index is 4.46. The Morgan fingerprint density at radius 3 is 2.68 bits per heavy atom. The molecule has 0 aromatic carbocycles. The minimum Gasteiger partial charge on any atom is -0.334 e. The predicted molar refractivity (Wildman–Crippen MR) is 89.4 cm³/mol. The molecule has 0 spiro atoms. The molecule has 0 bridgehead atoms. The molecule has 5 heteroatoms. The van der Waals surface area contributed by atoms with Gasteiger partial charge in [-0.25, -0.2) is 4.98 Å². The Kier molecular flexibility index (Phi) is 6.55. The van der Waals surface area contributed by atoms with E-state index in [2.05, 4.69) is 57.5 Å². The van der Waals surface area contributed by atoms with Gasteiger partial charge in [-0.05, 0) is 46.1 Å². The van der Waals surface area contributed by atoms with Gasteiger partial charge in [0.1, 0.15) is 0 Å². The predicted octanol–water partition coefficient (Wildman–Crippen LogP) is 2.25. The van der Waals surface area contributed by atoms with E-state index in [-0.39, 0.29) is 0 Å².